The Bertz CT molecular complexity index is 1150. The van der Waals surface area contributed by atoms with Crippen molar-refractivity contribution in [2.75, 3.05) is 13.9 Å². The van der Waals surface area contributed by atoms with Crippen LogP contribution in [0.5, 0.6) is 0 Å². The van der Waals surface area contributed by atoms with Crippen LogP contribution in [0.1, 0.15) is 154 Å². The smallest absolute Gasteiger partial charge is 0.192 e. The summed E-state index contributed by atoms with van der Waals surface area (Å²) in [5.74, 6) is 0. The second-order valence-corrected chi connectivity index (χ2v) is 27.7. The molecule has 9 heteroatoms. The van der Waals surface area contributed by atoms with Crippen LogP contribution in [-0.2, 0) is 32.5 Å². The molecule has 53 heavy (non-hydrogen) atoms. The number of methoxy groups -OCH3 is 1. The summed E-state index contributed by atoms with van der Waals surface area (Å²) in [5, 5.41) is 0. The molecule has 3 heterocycles. The van der Waals surface area contributed by atoms with Crippen molar-refractivity contribution in [3.8, 4) is 0 Å². The first-order valence-corrected chi connectivity index (χ1v) is 26.8. The fraction of sp³-hybridized carbons (Fsp3) is 0.909. The molecule has 0 aromatic rings. The molecule has 3 rings (SSSR count). The number of allylic oxidation sites excluding steroid dienone is 2. The van der Waals surface area contributed by atoms with Crippen LogP contribution in [0, 0.1) is 0 Å². The van der Waals surface area contributed by atoms with Crippen LogP contribution < -0.4 is 0 Å². The van der Waals surface area contributed by atoms with Gasteiger partial charge in [0, 0.05) is 7.11 Å². The molecule has 0 spiro atoms. The Hall–Kier alpha value is -0.366. The summed E-state index contributed by atoms with van der Waals surface area (Å²) in [6, 6.07) is 6.83. The van der Waals surface area contributed by atoms with E-state index in [2.05, 4.69) is 103 Å². The van der Waals surface area contributed by atoms with Gasteiger partial charge >= 0.3 is 0 Å². The maximum atomic E-state index is 7.40. The van der Waals surface area contributed by atoms with Crippen LogP contribution in [0.4, 0.5) is 0 Å². The van der Waals surface area contributed by atoms with Gasteiger partial charge in [-0.15, -0.1) is 0 Å². The Labute approximate surface area is 329 Å². The Morgan fingerprint density at radius 3 is 2.00 bits per heavy atom. The van der Waals surface area contributed by atoms with Gasteiger partial charge in [0.25, 0.3) is 0 Å². The van der Waals surface area contributed by atoms with E-state index in [9.17, 15) is 0 Å². The third-order valence-corrected chi connectivity index (χ3v) is 23.7. The maximum Gasteiger partial charge on any atom is 0.192 e. The van der Waals surface area contributed by atoms with Crippen LogP contribution in [0.2, 0.25) is 36.3 Å². The van der Waals surface area contributed by atoms with Gasteiger partial charge in [-0.05, 0) is 155 Å². The highest BCUT2D eigenvalue weighted by Gasteiger charge is 2.53. The van der Waals surface area contributed by atoms with E-state index in [0.29, 0.717) is 0 Å². The van der Waals surface area contributed by atoms with Gasteiger partial charge in [-0.2, -0.15) is 0 Å². The van der Waals surface area contributed by atoms with Crippen LogP contribution in [0.25, 0.3) is 0 Å². The molecule has 0 radical (unpaired) electrons. The number of hydrogen-bond donors (Lipinski definition) is 0. The lowest BCUT2D eigenvalue weighted by atomic mass is 9.77. The summed E-state index contributed by atoms with van der Waals surface area (Å²) in [6.45, 7) is 34.5. The van der Waals surface area contributed by atoms with E-state index in [-0.39, 0.29) is 54.1 Å². The van der Waals surface area contributed by atoms with Crippen LogP contribution in [0.15, 0.2) is 23.8 Å². The van der Waals surface area contributed by atoms with Crippen molar-refractivity contribution in [1.82, 2.24) is 0 Å². The molecule has 0 N–H and O–H groups in total. The molecular weight excluding hydrogens is 697 g/mol. The summed E-state index contributed by atoms with van der Waals surface area (Å²) in [6.07, 6.45) is 11.6. The highest BCUT2D eigenvalue weighted by atomic mass is 28.4. The molecule has 0 saturated carbocycles. The topological polar surface area (TPSA) is 64.6 Å². The molecule has 310 valence electrons. The van der Waals surface area contributed by atoms with Crippen molar-refractivity contribution in [1.29, 1.82) is 0 Å². The normalized spacial score (nSPS) is 31.1. The minimum absolute atomic E-state index is 0.00298. The van der Waals surface area contributed by atoms with Crippen molar-refractivity contribution in [3.05, 3.63) is 23.8 Å². The average molecular weight is 781 g/mol. The fourth-order valence-electron chi connectivity index (χ4n) is 9.61. The second-order valence-electron chi connectivity index (χ2n) is 18.3. The van der Waals surface area contributed by atoms with E-state index < -0.39 is 22.2 Å². The predicted molar refractivity (Wildman–Crippen MR) is 226 cm³/mol. The van der Waals surface area contributed by atoms with Gasteiger partial charge in [-0.1, -0.05) is 59.8 Å². The first-order chi connectivity index (χ1) is 24.9. The van der Waals surface area contributed by atoms with Crippen LogP contribution in [0.3, 0.4) is 0 Å². The van der Waals surface area contributed by atoms with Gasteiger partial charge in [0.1, 0.15) is 6.79 Å². The molecule has 7 nitrogen and oxygen atoms in total. The molecule has 0 amide bonds. The zero-order valence-electron chi connectivity index (χ0n) is 37.0. The van der Waals surface area contributed by atoms with Crippen molar-refractivity contribution < 1.29 is 32.5 Å². The zero-order chi connectivity index (χ0) is 39.7. The highest BCUT2D eigenvalue weighted by Crippen LogP contribution is 2.47. The number of fused-ring (bicyclic) bond motifs is 1. The van der Waals surface area contributed by atoms with E-state index in [1.54, 1.807) is 7.11 Å². The van der Waals surface area contributed by atoms with Gasteiger partial charge in [-0.25, -0.2) is 0 Å². The molecule has 0 bridgehead atoms. The van der Waals surface area contributed by atoms with E-state index in [0.717, 1.165) is 100 Å². The van der Waals surface area contributed by atoms with Crippen molar-refractivity contribution in [2.45, 2.75) is 243 Å². The standard InChI is InChI=1S/C44H84O7Si2/c1-16-52(17-2,18-3)50-41(10,11)37-28-32-44(14,51-53(19-4,20-5)21-6)39(47-37)26-24-35(9)36-25-27-38-43(13,49-36)31-29-40(48-38)42(12,46-33-45-15)30-22-23-34(7)8/h23,36-40H,9,16-22,24-33H2,1-8,10-15H3/t36-,37-,38?,39-,40-,42+,43+,44+/m1/s1. The summed E-state index contributed by atoms with van der Waals surface area (Å²) >= 11 is 0. The van der Waals surface area contributed by atoms with Crippen molar-refractivity contribution >= 4 is 16.6 Å². The third-order valence-electron chi connectivity index (χ3n) is 14.1. The van der Waals surface area contributed by atoms with Gasteiger partial charge in [0.15, 0.2) is 16.6 Å². The molecule has 0 aromatic heterocycles. The number of hydrogen-bond acceptors (Lipinski definition) is 7. The van der Waals surface area contributed by atoms with Crippen molar-refractivity contribution in [3.63, 3.8) is 0 Å². The molecule has 1 unspecified atom stereocenters. The van der Waals surface area contributed by atoms with E-state index >= 15 is 0 Å². The van der Waals surface area contributed by atoms with Gasteiger partial charge < -0.3 is 32.5 Å². The average Bonchev–Trinajstić information content (AvgIpc) is 3.13. The van der Waals surface area contributed by atoms with Gasteiger partial charge in [-0.3, -0.25) is 0 Å². The molecule has 8 atom stereocenters. The minimum Gasteiger partial charge on any atom is -0.409 e. The first kappa shape index (κ1) is 47.0. The van der Waals surface area contributed by atoms with Crippen LogP contribution >= 0.6 is 0 Å². The molecule has 3 saturated heterocycles. The Morgan fingerprint density at radius 1 is 0.830 bits per heavy atom. The van der Waals surface area contributed by atoms with Gasteiger partial charge in [0.2, 0.25) is 0 Å². The minimum atomic E-state index is -1.88. The quantitative estimate of drug-likeness (QED) is 0.0616. The van der Waals surface area contributed by atoms with Crippen LogP contribution in [-0.4, -0.2) is 83.5 Å². The maximum absolute atomic E-state index is 7.40. The number of rotatable bonds is 22. The number of ether oxygens (including phenoxy) is 5. The monoisotopic (exact) mass is 781 g/mol. The lowest BCUT2D eigenvalue weighted by Crippen LogP contribution is -2.60. The highest BCUT2D eigenvalue weighted by molar-refractivity contribution is 6.74. The molecular formula is C44H84O7Si2. The molecule has 3 fully saturated rings. The summed E-state index contributed by atoms with van der Waals surface area (Å²) in [7, 11) is -2.02. The first-order valence-electron chi connectivity index (χ1n) is 21.7. The Kier molecular flexibility index (Phi) is 17.6. The molecule has 0 aliphatic carbocycles. The molecule has 3 aliphatic rings. The third kappa shape index (κ3) is 11.6. The van der Waals surface area contributed by atoms with E-state index in [1.807, 2.05) is 0 Å². The summed E-state index contributed by atoms with van der Waals surface area (Å²) < 4.78 is 47.4. The summed E-state index contributed by atoms with van der Waals surface area (Å²) in [4.78, 5) is 0. The van der Waals surface area contributed by atoms with E-state index in [1.165, 1.54) is 11.1 Å². The molecule has 3 aliphatic heterocycles. The second kappa shape index (κ2) is 19.9. The predicted octanol–water partition coefficient (Wildman–Crippen LogP) is 12.1. The van der Waals surface area contributed by atoms with Gasteiger partial charge in [0.05, 0.1) is 52.9 Å². The Morgan fingerprint density at radius 2 is 1.43 bits per heavy atom. The largest absolute Gasteiger partial charge is 0.409 e. The van der Waals surface area contributed by atoms with Crippen molar-refractivity contribution in [2.24, 2.45) is 0 Å². The lowest BCUT2D eigenvalue weighted by Gasteiger charge is -2.53. The Balaban J connectivity index is 1.75. The zero-order valence-corrected chi connectivity index (χ0v) is 39.0. The lowest BCUT2D eigenvalue weighted by molar-refractivity contribution is -0.273. The summed E-state index contributed by atoms with van der Waals surface area (Å²) in [5.41, 5.74) is 1.06. The SMILES string of the molecule is C=C(CC[C@H]1O[C@@H](C(C)(C)O[Si](CC)(CC)CC)CC[C@]1(C)O[Si](CC)(CC)CC)[C@H]1CCC2O[C@@H]([C@](C)(CCC=C(C)C)OCOC)CC[C@]2(C)O1. The molecule has 0 aromatic carbocycles. The fourth-order valence-corrected chi connectivity index (χ4v) is 15.9. The van der Waals surface area contributed by atoms with E-state index in [4.69, 9.17) is 32.5 Å².